The first-order chi connectivity index (χ1) is 9.20. The molecule has 110 valence electrons. The average Bonchev–Trinajstić information content (AvgIpc) is 2.32. The Kier molecular flexibility index (Phi) is 4.12. The van der Waals surface area contributed by atoms with Crippen LogP contribution < -0.4 is 4.72 Å². The van der Waals surface area contributed by atoms with Crippen LogP contribution in [0.3, 0.4) is 0 Å². The molecule has 1 aliphatic rings. The van der Waals surface area contributed by atoms with Crippen LogP contribution in [0.25, 0.3) is 0 Å². The highest BCUT2D eigenvalue weighted by Gasteiger charge is 2.30. The summed E-state index contributed by atoms with van der Waals surface area (Å²) in [7, 11) is -3.57. The third-order valence-electron chi connectivity index (χ3n) is 3.42. The van der Waals surface area contributed by atoms with Gasteiger partial charge in [-0.3, -0.25) is 4.72 Å². The van der Waals surface area contributed by atoms with E-state index in [1.54, 1.807) is 6.08 Å². The first kappa shape index (κ1) is 15.3. The van der Waals surface area contributed by atoms with E-state index in [9.17, 15) is 12.8 Å². The van der Waals surface area contributed by atoms with Gasteiger partial charge in [-0.15, -0.1) is 0 Å². The Hall–Kier alpha value is -1.07. The van der Waals surface area contributed by atoms with Crippen molar-refractivity contribution in [2.24, 2.45) is 5.41 Å². The van der Waals surface area contributed by atoms with E-state index in [-0.39, 0.29) is 16.1 Å². The second kappa shape index (κ2) is 5.37. The Morgan fingerprint density at radius 2 is 2.10 bits per heavy atom. The molecule has 3 nitrogen and oxygen atoms in total. The second-order valence-corrected chi connectivity index (χ2v) is 8.00. The van der Waals surface area contributed by atoms with Crippen LogP contribution in [-0.4, -0.2) is 13.7 Å². The third kappa shape index (κ3) is 3.52. The van der Waals surface area contributed by atoms with Gasteiger partial charge in [0, 0.05) is 0 Å². The van der Waals surface area contributed by atoms with Crippen LogP contribution in [0.15, 0.2) is 30.4 Å². The number of nitrogens with one attached hydrogen (secondary N) is 1. The molecule has 20 heavy (non-hydrogen) atoms. The van der Waals surface area contributed by atoms with Gasteiger partial charge in [-0.25, -0.2) is 12.8 Å². The van der Waals surface area contributed by atoms with Crippen LogP contribution in [-0.2, 0) is 10.0 Å². The summed E-state index contributed by atoms with van der Waals surface area (Å²) >= 11 is 5.83. The number of sulfonamides is 1. The molecular formula is C14H17ClFNO2S. The summed E-state index contributed by atoms with van der Waals surface area (Å²) in [4.78, 5) is 0. The van der Waals surface area contributed by atoms with Gasteiger partial charge in [-0.05, 0) is 36.5 Å². The van der Waals surface area contributed by atoms with Crippen molar-refractivity contribution in [1.82, 2.24) is 0 Å². The molecule has 6 heteroatoms. The van der Waals surface area contributed by atoms with E-state index in [0.29, 0.717) is 6.42 Å². The highest BCUT2D eigenvalue weighted by Crippen LogP contribution is 2.33. The first-order valence-corrected chi connectivity index (χ1v) is 8.28. The number of allylic oxidation sites excluding steroid dienone is 1. The molecule has 0 bridgehead atoms. The van der Waals surface area contributed by atoms with Crippen molar-refractivity contribution in [1.29, 1.82) is 0 Å². The van der Waals surface area contributed by atoms with Crippen LogP contribution in [0.2, 0.25) is 5.02 Å². The Bertz CT molecular complexity index is 641. The summed E-state index contributed by atoms with van der Waals surface area (Å²) in [5.41, 5.74) is 0.228. The number of benzene rings is 1. The maximum atomic E-state index is 12.9. The fraction of sp³-hybridized carbons (Fsp3) is 0.429. The number of hydrogen-bond acceptors (Lipinski definition) is 2. The van der Waals surface area contributed by atoms with Crippen molar-refractivity contribution >= 4 is 27.3 Å². The lowest BCUT2D eigenvalue weighted by Gasteiger charge is -2.28. The molecule has 1 atom stereocenters. The number of anilines is 1. The fourth-order valence-corrected chi connectivity index (χ4v) is 3.74. The lowest BCUT2D eigenvalue weighted by atomic mass is 9.83. The van der Waals surface area contributed by atoms with E-state index < -0.39 is 21.1 Å². The molecule has 0 radical (unpaired) electrons. The number of hydrogen-bond donors (Lipinski definition) is 1. The molecule has 0 aliphatic heterocycles. The highest BCUT2D eigenvalue weighted by atomic mass is 35.5. The minimum atomic E-state index is -3.57. The highest BCUT2D eigenvalue weighted by molar-refractivity contribution is 7.93. The molecule has 0 fully saturated rings. The van der Waals surface area contributed by atoms with E-state index in [1.807, 2.05) is 6.08 Å². The van der Waals surface area contributed by atoms with E-state index in [0.717, 1.165) is 12.5 Å². The molecule has 1 aromatic rings. The SMILES string of the molecule is CC1(C)C=CC(S(=O)(=O)Nc2ccc(F)cc2Cl)CC1. The van der Waals surface area contributed by atoms with Gasteiger partial charge in [0.05, 0.1) is 16.0 Å². The first-order valence-electron chi connectivity index (χ1n) is 6.36. The molecule has 1 aromatic carbocycles. The van der Waals surface area contributed by atoms with Gasteiger partial charge in [0.15, 0.2) is 0 Å². The van der Waals surface area contributed by atoms with Crippen LogP contribution in [0.5, 0.6) is 0 Å². The van der Waals surface area contributed by atoms with Gasteiger partial charge in [0.25, 0.3) is 0 Å². The smallest absolute Gasteiger partial charge is 0.239 e. The van der Waals surface area contributed by atoms with Crippen LogP contribution in [0, 0.1) is 11.2 Å². The van der Waals surface area contributed by atoms with E-state index in [2.05, 4.69) is 18.6 Å². The standard InChI is InChI=1S/C14H17ClFNO2S/c1-14(2)7-5-11(6-8-14)20(18,19)17-13-4-3-10(16)9-12(13)15/h3-5,7,9,11,17H,6,8H2,1-2H3. The van der Waals surface area contributed by atoms with Gasteiger partial charge < -0.3 is 0 Å². The minimum absolute atomic E-state index is 0.0273. The zero-order valence-corrected chi connectivity index (χ0v) is 12.9. The van der Waals surface area contributed by atoms with E-state index in [1.165, 1.54) is 12.1 Å². The summed E-state index contributed by atoms with van der Waals surface area (Å²) in [5.74, 6) is -0.503. The van der Waals surface area contributed by atoms with Crippen molar-refractivity contribution in [3.8, 4) is 0 Å². The summed E-state index contributed by atoms with van der Waals surface area (Å²) in [6.45, 7) is 4.13. The predicted octanol–water partition coefficient (Wildman–Crippen LogP) is 3.97. The fourth-order valence-electron chi connectivity index (χ4n) is 2.12. The van der Waals surface area contributed by atoms with Gasteiger partial charge >= 0.3 is 0 Å². The van der Waals surface area contributed by atoms with Gasteiger partial charge in [-0.1, -0.05) is 37.6 Å². The molecular weight excluding hydrogens is 301 g/mol. The number of halogens is 2. The molecule has 1 unspecified atom stereocenters. The lowest BCUT2D eigenvalue weighted by Crippen LogP contribution is -2.30. The predicted molar refractivity (Wildman–Crippen MR) is 79.9 cm³/mol. The monoisotopic (exact) mass is 317 g/mol. The van der Waals surface area contributed by atoms with E-state index >= 15 is 0 Å². The Balaban J connectivity index is 2.20. The Morgan fingerprint density at radius 3 is 2.65 bits per heavy atom. The quantitative estimate of drug-likeness (QED) is 0.857. The van der Waals surface area contributed by atoms with E-state index in [4.69, 9.17) is 11.6 Å². The second-order valence-electron chi connectivity index (χ2n) is 5.70. The van der Waals surface area contributed by atoms with Crippen molar-refractivity contribution in [3.05, 3.63) is 41.2 Å². The molecule has 0 saturated heterocycles. The van der Waals surface area contributed by atoms with Crippen molar-refractivity contribution in [3.63, 3.8) is 0 Å². The Morgan fingerprint density at radius 1 is 1.40 bits per heavy atom. The Labute approximate surface area is 123 Å². The molecule has 0 aromatic heterocycles. The maximum Gasteiger partial charge on any atom is 0.239 e. The number of rotatable bonds is 3. The lowest BCUT2D eigenvalue weighted by molar-refractivity contribution is 0.404. The minimum Gasteiger partial charge on any atom is -0.282 e. The molecule has 2 rings (SSSR count). The maximum absolute atomic E-state index is 12.9. The third-order valence-corrected chi connectivity index (χ3v) is 5.42. The van der Waals surface area contributed by atoms with Crippen molar-refractivity contribution < 1.29 is 12.8 Å². The zero-order chi connectivity index (χ0) is 15.0. The zero-order valence-electron chi connectivity index (χ0n) is 11.4. The van der Waals surface area contributed by atoms with Crippen LogP contribution in [0.1, 0.15) is 26.7 Å². The summed E-state index contributed by atoms with van der Waals surface area (Å²) in [6.07, 6.45) is 4.99. The van der Waals surface area contributed by atoms with Crippen LogP contribution in [0.4, 0.5) is 10.1 Å². The van der Waals surface area contributed by atoms with Gasteiger partial charge in [0.2, 0.25) is 10.0 Å². The van der Waals surface area contributed by atoms with Crippen molar-refractivity contribution in [2.45, 2.75) is 31.9 Å². The summed E-state index contributed by atoms with van der Waals surface area (Å²) in [5, 5.41) is -0.537. The van der Waals surface area contributed by atoms with Crippen LogP contribution >= 0.6 is 11.6 Å². The molecule has 0 saturated carbocycles. The summed E-state index contributed by atoms with van der Waals surface area (Å²) < 4.78 is 40.0. The molecule has 1 aliphatic carbocycles. The average molecular weight is 318 g/mol. The molecule has 0 heterocycles. The van der Waals surface area contributed by atoms with Crippen molar-refractivity contribution in [2.75, 3.05) is 4.72 Å². The molecule has 0 spiro atoms. The van der Waals surface area contributed by atoms with Gasteiger partial charge in [0.1, 0.15) is 5.82 Å². The van der Waals surface area contributed by atoms with Gasteiger partial charge in [-0.2, -0.15) is 0 Å². The molecule has 0 amide bonds. The normalized spacial score (nSPS) is 21.7. The largest absolute Gasteiger partial charge is 0.282 e. The molecule has 1 N–H and O–H groups in total. The topological polar surface area (TPSA) is 46.2 Å². The summed E-state index contributed by atoms with van der Waals surface area (Å²) in [6, 6.07) is 3.58.